The molecule has 0 aliphatic heterocycles. The van der Waals surface area contributed by atoms with Gasteiger partial charge in [0.1, 0.15) is 0 Å². The van der Waals surface area contributed by atoms with Crippen molar-refractivity contribution in [3.8, 4) is 0 Å². The summed E-state index contributed by atoms with van der Waals surface area (Å²) in [5.41, 5.74) is 0. The highest BCUT2D eigenvalue weighted by molar-refractivity contribution is 5.76. The number of nitrogens with one attached hydrogen (secondary N) is 1. The first-order valence-electron chi connectivity index (χ1n) is 31.8. The van der Waals surface area contributed by atoms with Crippen LogP contribution in [0.2, 0.25) is 0 Å². The first-order chi connectivity index (χ1) is 34.0. The van der Waals surface area contributed by atoms with Gasteiger partial charge in [0.15, 0.2) is 0 Å². The molecule has 1 amide bonds. The van der Waals surface area contributed by atoms with Crippen molar-refractivity contribution < 1.29 is 24.5 Å². The summed E-state index contributed by atoms with van der Waals surface area (Å²) in [5.74, 6) is -0.0337. The van der Waals surface area contributed by atoms with Gasteiger partial charge in [-0.25, -0.2) is 0 Å². The molecule has 6 nitrogen and oxygen atoms in total. The van der Waals surface area contributed by atoms with Crippen LogP contribution in [-0.4, -0.2) is 47.4 Å². The molecule has 0 bridgehead atoms. The maximum absolute atomic E-state index is 12.5. The second-order valence-electron chi connectivity index (χ2n) is 22.1. The number of amides is 1. The molecule has 0 spiro atoms. The Morgan fingerprint density at radius 1 is 0.348 bits per heavy atom. The van der Waals surface area contributed by atoms with E-state index in [-0.39, 0.29) is 18.5 Å². The average Bonchev–Trinajstić information content (AvgIpc) is 3.35. The highest BCUT2D eigenvalue weighted by Gasteiger charge is 2.20. The fraction of sp³-hybridized carbons (Fsp3) is 0.968. The van der Waals surface area contributed by atoms with Crippen molar-refractivity contribution in [1.29, 1.82) is 0 Å². The van der Waals surface area contributed by atoms with Crippen molar-refractivity contribution in [2.24, 2.45) is 0 Å². The van der Waals surface area contributed by atoms with E-state index in [1.165, 1.54) is 289 Å². The number of hydrogen-bond acceptors (Lipinski definition) is 5. The van der Waals surface area contributed by atoms with E-state index >= 15 is 0 Å². The molecule has 3 N–H and O–H groups in total. The number of esters is 1. The zero-order valence-corrected chi connectivity index (χ0v) is 47.1. The maximum atomic E-state index is 12.5. The maximum Gasteiger partial charge on any atom is 0.305 e. The Hall–Kier alpha value is -1.14. The predicted molar refractivity (Wildman–Crippen MR) is 301 cm³/mol. The van der Waals surface area contributed by atoms with Crippen LogP contribution < -0.4 is 5.32 Å². The van der Waals surface area contributed by atoms with Crippen molar-refractivity contribution in [2.45, 2.75) is 379 Å². The molecule has 412 valence electrons. The van der Waals surface area contributed by atoms with E-state index < -0.39 is 12.1 Å². The Labute approximate surface area is 432 Å². The summed E-state index contributed by atoms with van der Waals surface area (Å²) in [5, 5.41) is 23.4. The number of hydrogen-bond donors (Lipinski definition) is 3. The van der Waals surface area contributed by atoms with Gasteiger partial charge in [-0.2, -0.15) is 0 Å². The highest BCUT2D eigenvalue weighted by Crippen LogP contribution is 2.19. The van der Waals surface area contributed by atoms with E-state index in [9.17, 15) is 19.8 Å². The molecule has 0 saturated carbocycles. The molecule has 6 heteroatoms. The summed E-state index contributed by atoms with van der Waals surface area (Å²) in [6.07, 6.45) is 69.7. The molecule has 0 aromatic heterocycles. The lowest BCUT2D eigenvalue weighted by molar-refractivity contribution is -0.143. The molecule has 0 aliphatic carbocycles. The van der Waals surface area contributed by atoms with Crippen LogP contribution in [0.4, 0.5) is 0 Å². The van der Waals surface area contributed by atoms with Crippen LogP contribution in [0.3, 0.4) is 0 Å². The molecule has 2 unspecified atom stereocenters. The molecule has 0 aliphatic rings. The minimum absolute atomic E-state index is 0.00456. The smallest absolute Gasteiger partial charge is 0.305 e. The van der Waals surface area contributed by atoms with Gasteiger partial charge in [-0.3, -0.25) is 9.59 Å². The van der Waals surface area contributed by atoms with Crippen LogP contribution >= 0.6 is 0 Å². The second kappa shape index (κ2) is 59.4. The van der Waals surface area contributed by atoms with Crippen LogP contribution in [0, 0.1) is 0 Å². The normalized spacial score (nSPS) is 12.5. The molecule has 0 aromatic carbocycles. The standard InChI is InChI=1S/C63H125NO5/c1-3-5-7-9-11-13-15-17-19-20-21-22-23-24-25-26-28-31-35-39-43-47-51-55-61(66)60(59-65)64-62(67)56-52-48-44-40-36-32-29-27-30-34-38-42-46-50-54-58-69-63(68)57-53-49-45-41-37-33-18-16-14-12-10-8-6-4-2/h60-61,65-66H,3-59H2,1-2H3,(H,64,67). The number of carbonyl (C=O) groups is 2. The van der Waals surface area contributed by atoms with Crippen molar-refractivity contribution in [1.82, 2.24) is 5.32 Å². The summed E-state index contributed by atoms with van der Waals surface area (Å²) < 4.78 is 5.48. The number of carbonyl (C=O) groups excluding carboxylic acids is 2. The molecule has 0 heterocycles. The molecular formula is C63H125NO5. The second-order valence-corrected chi connectivity index (χ2v) is 22.1. The third-order valence-electron chi connectivity index (χ3n) is 15.2. The highest BCUT2D eigenvalue weighted by atomic mass is 16.5. The third-order valence-corrected chi connectivity index (χ3v) is 15.2. The molecule has 0 rings (SSSR count). The van der Waals surface area contributed by atoms with Gasteiger partial charge in [-0.05, 0) is 25.7 Å². The van der Waals surface area contributed by atoms with Gasteiger partial charge in [0.2, 0.25) is 5.91 Å². The minimum Gasteiger partial charge on any atom is -0.466 e. The molecular weight excluding hydrogens is 851 g/mol. The molecule has 0 fully saturated rings. The van der Waals surface area contributed by atoms with Crippen LogP contribution in [0.1, 0.15) is 367 Å². The number of unbranched alkanes of at least 4 members (excludes halogenated alkanes) is 49. The van der Waals surface area contributed by atoms with Gasteiger partial charge >= 0.3 is 5.97 Å². The molecule has 0 radical (unpaired) electrons. The van der Waals surface area contributed by atoms with Crippen LogP contribution in [0.15, 0.2) is 0 Å². The van der Waals surface area contributed by atoms with Gasteiger partial charge in [-0.15, -0.1) is 0 Å². The van der Waals surface area contributed by atoms with Gasteiger partial charge < -0.3 is 20.3 Å². The predicted octanol–water partition coefficient (Wildman–Crippen LogP) is 19.9. The fourth-order valence-corrected chi connectivity index (χ4v) is 10.3. The molecule has 69 heavy (non-hydrogen) atoms. The Kier molecular flexibility index (Phi) is 58.4. The molecule has 0 saturated heterocycles. The van der Waals surface area contributed by atoms with Gasteiger partial charge in [0, 0.05) is 12.8 Å². The Morgan fingerprint density at radius 2 is 0.594 bits per heavy atom. The first kappa shape index (κ1) is 67.9. The van der Waals surface area contributed by atoms with Gasteiger partial charge in [0.25, 0.3) is 0 Å². The minimum atomic E-state index is -0.670. The Morgan fingerprint density at radius 3 is 0.884 bits per heavy atom. The zero-order chi connectivity index (χ0) is 50.0. The number of rotatable bonds is 60. The fourth-order valence-electron chi connectivity index (χ4n) is 10.3. The van der Waals surface area contributed by atoms with E-state index in [2.05, 4.69) is 19.2 Å². The number of ether oxygens (including phenoxy) is 1. The van der Waals surface area contributed by atoms with E-state index in [1.54, 1.807) is 0 Å². The summed E-state index contributed by atoms with van der Waals surface area (Å²) in [7, 11) is 0. The lowest BCUT2D eigenvalue weighted by Crippen LogP contribution is -2.45. The summed E-state index contributed by atoms with van der Waals surface area (Å²) in [6.45, 7) is 4.98. The SMILES string of the molecule is CCCCCCCCCCCCCCCCCCCCCCCCCC(O)C(CO)NC(=O)CCCCCCCCCCCCCCCCCOC(=O)CCCCCCCCCCCCCCCC. The quantitative estimate of drug-likeness (QED) is 0.0417. The van der Waals surface area contributed by atoms with Gasteiger partial charge in [0.05, 0.1) is 25.4 Å². The summed E-state index contributed by atoms with van der Waals surface area (Å²) in [4.78, 5) is 24.6. The van der Waals surface area contributed by atoms with Gasteiger partial charge in [-0.1, -0.05) is 328 Å². The van der Waals surface area contributed by atoms with E-state index in [1.807, 2.05) is 0 Å². The Bertz CT molecular complexity index is 990. The van der Waals surface area contributed by atoms with Crippen molar-refractivity contribution in [2.75, 3.05) is 13.2 Å². The third kappa shape index (κ3) is 56.0. The first-order valence-corrected chi connectivity index (χ1v) is 31.8. The van der Waals surface area contributed by atoms with Crippen LogP contribution in [0.5, 0.6) is 0 Å². The molecule has 2 atom stereocenters. The number of aliphatic hydroxyl groups is 2. The zero-order valence-electron chi connectivity index (χ0n) is 47.1. The monoisotopic (exact) mass is 976 g/mol. The van der Waals surface area contributed by atoms with E-state index in [4.69, 9.17) is 4.74 Å². The average molecular weight is 977 g/mol. The Balaban J connectivity index is 3.41. The van der Waals surface area contributed by atoms with Crippen molar-refractivity contribution in [3.05, 3.63) is 0 Å². The summed E-state index contributed by atoms with van der Waals surface area (Å²) in [6, 6.07) is -0.548. The van der Waals surface area contributed by atoms with E-state index in [0.29, 0.717) is 25.9 Å². The summed E-state index contributed by atoms with van der Waals surface area (Å²) >= 11 is 0. The van der Waals surface area contributed by atoms with Crippen LogP contribution in [-0.2, 0) is 14.3 Å². The topological polar surface area (TPSA) is 95.9 Å². The van der Waals surface area contributed by atoms with Crippen molar-refractivity contribution in [3.63, 3.8) is 0 Å². The molecule has 0 aromatic rings. The van der Waals surface area contributed by atoms with Crippen molar-refractivity contribution >= 4 is 11.9 Å². The lowest BCUT2D eigenvalue weighted by atomic mass is 10.0. The lowest BCUT2D eigenvalue weighted by Gasteiger charge is -2.22. The van der Waals surface area contributed by atoms with E-state index in [0.717, 1.165) is 44.9 Å². The number of aliphatic hydroxyl groups excluding tert-OH is 2. The van der Waals surface area contributed by atoms with Crippen LogP contribution in [0.25, 0.3) is 0 Å². The largest absolute Gasteiger partial charge is 0.466 e.